The quantitative estimate of drug-likeness (QED) is 0.442. The number of aromatic nitrogens is 1. The van der Waals surface area contributed by atoms with Crippen LogP contribution in [0.25, 0.3) is 21.8 Å². The minimum Gasteiger partial charge on any atom is -0.394 e. The minimum absolute atomic E-state index is 0.342. The summed E-state index contributed by atoms with van der Waals surface area (Å²) in [6.07, 6.45) is -4.27. The molecule has 1 aromatic heterocycles. The summed E-state index contributed by atoms with van der Waals surface area (Å²) in [7, 11) is 0. The predicted octanol–water partition coefficient (Wildman–Crippen LogP) is 1.65. The van der Waals surface area contributed by atoms with Crippen molar-refractivity contribution in [1.82, 2.24) is 4.57 Å². The Morgan fingerprint density at radius 1 is 0.939 bits per heavy atom. The van der Waals surface area contributed by atoms with E-state index in [9.17, 15) is 20.4 Å². The summed E-state index contributed by atoms with van der Waals surface area (Å²) in [6.45, 7) is 3.12. The highest BCUT2D eigenvalue weighted by Gasteiger charge is 2.42. The van der Waals surface area contributed by atoms with Gasteiger partial charge in [0.1, 0.15) is 30.5 Å². The van der Waals surface area contributed by atoms with Crippen LogP contribution in [0.4, 0.5) is 0 Å². The maximum atomic E-state index is 10.3. The summed E-state index contributed by atoms with van der Waals surface area (Å²) < 4.78 is 13.5. The Kier molecular flexibility index (Phi) is 6.14. The van der Waals surface area contributed by atoms with E-state index in [-0.39, 0.29) is 0 Å². The van der Waals surface area contributed by atoms with Gasteiger partial charge < -0.3 is 34.5 Å². The fourth-order valence-corrected chi connectivity index (χ4v) is 4.95. The number of aliphatic hydroxyl groups is 4. The van der Waals surface area contributed by atoms with Gasteiger partial charge in [0, 0.05) is 41.1 Å². The van der Waals surface area contributed by atoms with Crippen LogP contribution in [0, 0.1) is 18.8 Å². The van der Waals surface area contributed by atoms with Crippen LogP contribution in [0.3, 0.4) is 0 Å². The van der Waals surface area contributed by atoms with Crippen LogP contribution in [0.15, 0.2) is 36.4 Å². The summed E-state index contributed by atoms with van der Waals surface area (Å²) in [5.74, 6) is 5.93. The smallest absolute Gasteiger partial charge is 0.147 e. The zero-order valence-electron chi connectivity index (χ0n) is 18.5. The van der Waals surface area contributed by atoms with E-state index in [0.29, 0.717) is 6.04 Å². The largest absolute Gasteiger partial charge is 0.394 e. The molecule has 0 aliphatic carbocycles. The molecule has 0 amide bonds. The molecule has 2 aromatic carbocycles. The van der Waals surface area contributed by atoms with E-state index < -0.39 is 37.1 Å². The zero-order chi connectivity index (χ0) is 23.1. The molecular formula is C26H29NO6. The average Bonchev–Trinajstić information content (AvgIpc) is 3.15. The molecular weight excluding hydrogens is 422 g/mol. The lowest BCUT2D eigenvalue weighted by Gasteiger charge is -2.37. The second-order valence-electron chi connectivity index (χ2n) is 8.98. The van der Waals surface area contributed by atoms with Crippen LogP contribution in [0.1, 0.15) is 30.0 Å². The van der Waals surface area contributed by atoms with E-state index in [1.807, 2.05) is 6.07 Å². The van der Waals surface area contributed by atoms with Gasteiger partial charge in [-0.3, -0.25) is 0 Å². The van der Waals surface area contributed by atoms with Crippen molar-refractivity contribution in [2.24, 2.45) is 0 Å². The molecule has 4 N–H and O–H groups in total. The number of ether oxygens (including phenoxy) is 2. The number of nitrogens with zero attached hydrogens (tertiary/aromatic N) is 1. The first-order valence-corrected chi connectivity index (χ1v) is 11.4. The van der Waals surface area contributed by atoms with Gasteiger partial charge in [-0.25, -0.2) is 0 Å². The molecule has 2 saturated heterocycles. The fraction of sp³-hybridized carbons (Fsp3) is 0.462. The van der Waals surface area contributed by atoms with Gasteiger partial charge in [0.15, 0.2) is 0 Å². The highest BCUT2D eigenvalue weighted by molar-refractivity contribution is 6.08. The molecule has 2 aliphatic heterocycles. The third kappa shape index (κ3) is 4.04. The molecule has 0 unspecified atom stereocenters. The zero-order valence-corrected chi connectivity index (χ0v) is 18.5. The predicted molar refractivity (Wildman–Crippen MR) is 124 cm³/mol. The molecule has 7 nitrogen and oxygen atoms in total. The third-order valence-corrected chi connectivity index (χ3v) is 6.77. The van der Waals surface area contributed by atoms with E-state index in [1.165, 1.54) is 16.5 Å². The van der Waals surface area contributed by atoms with E-state index in [0.717, 1.165) is 42.5 Å². The Balaban J connectivity index is 1.56. The molecule has 2 aliphatic rings. The molecule has 2 fully saturated rings. The Morgan fingerprint density at radius 3 is 2.36 bits per heavy atom. The number of benzene rings is 2. The van der Waals surface area contributed by atoms with Gasteiger partial charge in [0.05, 0.1) is 12.1 Å². The molecule has 33 heavy (non-hydrogen) atoms. The van der Waals surface area contributed by atoms with Crippen LogP contribution in [-0.4, -0.2) is 75.3 Å². The van der Waals surface area contributed by atoms with Gasteiger partial charge >= 0.3 is 0 Å². The lowest BCUT2D eigenvalue weighted by molar-refractivity contribution is -0.214. The number of fused-ring (bicyclic) bond motifs is 3. The first kappa shape index (κ1) is 22.4. The highest BCUT2D eigenvalue weighted by Crippen LogP contribution is 2.36. The standard InChI is InChI=1S/C26H29NO6/c1-15-2-5-18-19-6-3-16(4-7-22-24(29)26(31)25(30)23(14-28)33-22)13-21(19)27(20(18)12-15)17-8-10-32-11-9-17/h2-3,5-6,12-13,17,22-26,28-31H,8-11,14H2,1H3/t22-,23-,24-,25-,26-/m1/s1. The summed E-state index contributed by atoms with van der Waals surface area (Å²) in [5.41, 5.74) is 4.27. The second-order valence-corrected chi connectivity index (χ2v) is 8.98. The van der Waals surface area contributed by atoms with Crippen molar-refractivity contribution in [2.75, 3.05) is 19.8 Å². The molecule has 0 spiro atoms. The first-order chi connectivity index (χ1) is 16.0. The van der Waals surface area contributed by atoms with Gasteiger partial charge in [-0.1, -0.05) is 30.0 Å². The molecule has 7 heteroatoms. The van der Waals surface area contributed by atoms with Gasteiger partial charge in [-0.15, -0.1) is 0 Å². The number of aryl methyl sites for hydroxylation is 1. The molecule has 3 heterocycles. The normalized spacial score (nSPS) is 28.7. The van der Waals surface area contributed by atoms with Crippen molar-refractivity contribution in [1.29, 1.82) is 0 Å². The minimum atomic E-state index is -1.43. The Labute approximate surface area is 192 Å². The van der Waals surface area contributed by atoms with Crippen molar-refractivity contribution >= 4 is 21.8 Å². The van der Waals surface area contributed by atoms with Crippen LogP contribution >= 0.6 is 0 Å². The van der Waals surface area contributed by atoms with Gasteiger partial charge in [0.25, 0.3) is 0 Å². The summed E-state index contributed by atoms with van der Waals surface area (Å²) in [4.78, 5) is 0. The topological polar surface area (TPSA) is 104 Å². The van der Waals surface area contributed by atoms with E-state index >= 15 is 0 Å². The number of hydrogen-bond donors (Lipinski definition) is 4. The lowest BCUT2D eigenvalue weighted by Crippen LogP contribution is -2.58. The van der Waals surface area contributed by atoms with Crippen LogP contribution in [0.5, 0.6) is 0 Å². The summed E-state index contributed by atoms with van der Waals surface area (Å²) in [5, 5.41) is 42.0. The van der Waals surface area contributed by atoms with Crippen LogP contribution < -0.4 is 0 Å². The van der Waals surface area contributed by atoms with Crippen molar-refractivity contribution < 1.29 is 29.9 Å². The maximum absolute atomic E-state index is 10.3. The average molecular weight is 452 g/mol. The monoisotopic (exact) mass is 451 g/mol. The Morgan fingerprint density at radius 2 is 1.64 bits per heavy atom. The SMILES string of the molecule is Cc1ccc2c3ccc(C#C[C@H]4O[C@H](CO)[C@@H](O)[C@H](O)[C@@H]4O)cc3n(C3CCOCC3)c2c1. The number of rotatable bonds is 2. The Hall–Kier alpha value is -2.44. The maximum Gasteiger partial charge on any atom is 0.147 e. The summed E-state index contributed by atoms with van der Waals surface area (Å²) in [6, 6.07) is 12.9. The number of aliphatic hydroxyl groups excluding tert-OH is 4. The van der Waals surface area contributed by atoms with E-state index in [2.05, 4.69) is 53.7 Å². The van der Waals surface area contributed by atoms with Crippen molar-refractivity contribution in [3.05, 3.63) is 47.5 Å². The van der Waals surface area contributed by atoms with Crippen molar-refractivity contribution in [2.45, 2.75) is 56.3 Å². The van der Waals surface area contributed by atoms with Crippen molar-refractivity contribution in [3.63, 3.8) is 0 Å². The van der Waals surface area contributed by atoms with Gasteiger partial charge in [-0.05, 0) is 43.5 Å². The van der Waals surface area contributed by atoms with Gasteiger partial charge in [0.2, 0.25) is 0 Å². The molecule has 0 radical (unpaired) electrons. The molecule has 174 valence electrons. The Bertz CT molecular complexity index is 1220. The highest BCUT2D eigenvalue weighted by atomic mass is 16.5. The van der Waals surface area contributed by atoms with Gasteiger partial charge in [-0.2, -0.15) is 0 Å². The third-order valence-electron chi connectivity index (χ3n) is 6.77. The first-order valence-electron chi connectivity index (χ1n) is 11.4. The van der Waals surface area contributed by atoms with E-state index in [4.69, 9.17) is 9.47 Å². The van der Waals surface area contributed by atoms with E-state index in [1.54, 1.807) is 0 Å². The molecule has 0 bridgehead atoms. The molecule has 5 atom stereocenters. The molecule has 3 aromatic rings. The second kappa shape index (κ2) is 9.07. The van der Waals surface area contributed by atoms with Crippen LogP contribution in [-0.2, 0) is 9.47 Å². The molecule has 0 saturated carbocycles. The number of hydrogen-bond acceptors (Lipinski definition) is 6. The molecule has 5 rings (SSSR count). The van der Waals surface area contributed by atoms with Crippen molar-refractivity contribution in [3.8, 4) is 11.8 Å². The lowest BCUT2D eigenvalue weighted by atomic mass is 9.95. The fourth-order valence-electron chi connectivity index (χ4n) is 4.95. The summed E-state index contributed by atoms with van der Waals surface area (Å²) >= 11 is 0. The van der Waals surface area contributed by atoms with Crippen LogP contribution in [0.2, 0.25) is 0 Å².